The van der Waals surface area contributed by atoms with Gasteiger partial charge in [0.15, 0.2) is 0 Å². The molecule has 4 nitrogen and oxygen atoms in total. The number of likely N-dealkylation sites (tertiary alicyclic amines) is 1. The van der Waals surface area contributed by atoms with Crippen molar-refractivity contribution in [1.82, 2.24) is 4.90 Å². The Morgan fingerprint density at radius 1 is 1.36 bits per heavy atom. The Morgan fingerprint density at radius 3 is 2.64 bits per heavy atom. The van der Waals surface area contributed by atoms with Crippen molar-refractivity contribution in [2.45, 2.75) is 37.8 Å². The Hall–Kier alpha value is -0.610. The summed E-state index contributed by atoms with van der Waals surface area (Å²) >= 11 is 0. The van der Waals surface area contributed by atoms with Crippen LogP contribution < -0.4 is 5.73 Å². The van der Waals surface area contributed by atoms with Crippen molar-refractivity contribution >= 4 is 5.91 Å². The van der Waals surface area contributed by atoms with Crippen molar-refractivity contribution in [2.24, 2.45) is 11.7 Å². The molecular formula is C10H18N2O2. The number of carbonyl (C=O) groups is 1. The lowest BCUT2D eigenvalue weighted by atomic mass is 10.1. The third kappa shape index (κ3) is 1.91. The summed E-state index contributed by atoms with van der Waals surface area (Å²) in [6.07, 6.45) is 3.13. The standard InChI is InChI=1S/C10H18N2O2/c11-8-2-1-7(5-8)10(14)12-4-3-9(13)6-12/h7-9,13H,1-6,11H2. The number of β-amino-alcohol motifs (C(OH)–C–C–N with tert-alkyl or cyclic N) is 1. The van der Waals surface area contributed by atoms with Crippen molar-refractivity contribution in [3.8, 4) is 0 Å². The summed E-state index contributed by atoms with van der Waals surface area (Å²) in [6.45, 7) is 1.23. The normalized spacial score (nSPS) is 37.9. The zero-order valence-electron chi connectivity index (χ0n) is 8.35. The maximum Gasteiger partial charge on any atom is 0.225 e. The predicted octanol–water partition coefficient (Wildman–Crippen LogP) is -0.293. The van der Waals surface area contributed by atoms with Gasteiger partial charge in [0.05, 0.1) is 6.10 Å². The lowest BCUT2D eigenvalue weighted by molar-refractivity contribution is -0.134. The molecule has 1 saturated carbocycles. The van der Waals surface area contributed by atoms with E-state index in [0.29, 0.717) is 13.1 Å². The molecule has 0 bridgehead atoms. The van der Waals surface area contributed by atoms with Gasteiger partial charge in [-0.3, -0.25) is 4.79 Å². The van der Waals surface area contributed by atoms with E-state index in [-0.39, 0.29) is 24.0 Å². The summed E-state index contributed by atoms with van der Waals surface area (Å²) in [6, 6.07) is 0.205. The van der Waals surface area contributed by atoms with Gasteiger partial charge in [-0.25, -0.2) is 0 Å². The molecule has 1 saturated heterocycles. The largest absolute Gasteiger partial charge is 0.391 e. The molecule has 3 unspecified atom stereocenters. The molecule has 0 aromatic carbocycles. The van der Waals surface area contributed by atoms with Crippen LogP contribution in [0.4, 0.5) is 0 Å². The van der Waals surface area contributed by atoms with Gasteiger partial charge in [-0.05, 0) is 25.7 Å². The van der Waals surface area contributed by atoms with Gasteiger partial charge in [0.2, 0.25) is 5.91 Å². The second kappa shape index (κ2) is 3.87. The molecule has 2 aliphatic rings. The van der Waals surface area contributed by atoms with Crippen LogP contribution in [0.25, 0.3) is 0 Å². The second-order valence-corrected chi connectivity index (χ2v) is 4.50. The van der Waals surface area contributed by atoms with E-state index in [1.54, 1.807) is 4.90 Å². The van der Waals surface area contributed by atoms with E-state index in [9.17, 15) is 9.90 Å². The summed E-state index contributed by atoms with van der Waals surface area (Å²) in [5.41, 5.74) is 5.77. The topological polar surface area (TPSA) is 66.6 Å². The van der Waals surface area contributed by atoms with E-state index in [0.717, 1.165) is 25.7 Å². The zero-order valence-corrected chi connectivity index (χ0v) is 8.35. The van der Waals surface area contributed by atoms with Gasteiger partial charge in [-0.15, -0.1) is 0 Å². The fraction of sp³-hybridized carbons (Fsp3) is 0.900. The predicted molar refractivity (Wildman–Crippen MR) is 52.5 cm³/mol. The maximum absolute atomic E-state index is 11.9. The summed E-state index contributed by atoms with van der Waals surface area (Å²) in [4.78, 5) is 13.7. The van der Waals surface area contributed by atoms with Crippen LogP contribution in [0.15, 0.2) is 0 Å². The monoisotopic (exact) mass is 198 g/mol. The van der Waals surface area contributed by atoms with E-state index in [1.165, 1.54) is 0 Å². The van der Waals surface area contributed by atoms with Gasteiger partial charge in [0, 0.05) is 25.0 Å². The van der Waals surface area contributed by atoms with Crippen LogP contribution >= 0.6 is 0 Å². The smallest absolute Gasteiger partial charge is 0.225 e. The quantitative estimate of drug-likeness (QED) is 0.608. The third-order valence-electron chi connectivity index (χ3n) is 3.30. The number of hydrogen-bond acceptors (Lipinski definition) is 3. The molecule has 1 heterocycles. The van der Waals surface area contributed by atoms with E-state index >= 15 is 0 Å². The van der Waals surface area contributed by atoms with E-state index < -0.39 is 0 Å². The minimum atomic E-state index is -0.311. The average molecular weight is 198 g/mol. The van der Waals surface area contributed by atoms with Gasteiger partial charge in [0.1, 0.15) is 0 Å². The second-order valence-electron chi connectivity index (χ2n) is 4.50. The van der Waals surface area contributed by atoms with Crippen molar-refractivity contribution in [1.29, 1.82) is 0 Å². The summed E-state index contributed by atoms with van der Waals surface area (Å²) in [5, 5.41) is 9.32. The molecule has 14 heavy (non-hydrogen) atoms. The third-order valence-corrected chi connectivity index (χ3v) is 3.30. The highest BCUT2D eigenvalue weighted by Crippen LogP contribution is 2.27. The SMILES string of the molecule is NC1CCC(C(=O)N2CCC(O)C2)C1. The van der Waals surface area contributed by atoms with E-state index in [2.05, 4.69) is 0 Å². The fourth-order valence-electron chi connectivity index (χ4n) is 2.44. The van der Waals surface area contributed by atoms with Crippen LogP contribution in [0.5, 0.6) is 0 Å². The molecule has 1 amide bonds. The first-order chi connectivity index (χ1) is 6.66. The molecule has 0 aromatic heterocycles. The van der Waals surface area contributed by atoms with Crippen molar-refractivity contribution in [3.63, 3.8) is 0 Å². The number of rotatable bonds is 1. The molecule has 1 aliphatic carbocycles. The minimum Gasteiger partial charge on any atom is -0.391 e. The van der Waals surface area contributed by atoms with Crippen molar-refractivity contribution < 1.29 is 9.90 Å². The molecule has 2 fully saturated rings. The number of aliphatic hydroxyl groups is 1. The number of aliphatic hydroxyl groups excluding tert-OH is 1. The fourth-order valence-corrected chi connectivity index (χ4v) is 2.44. The van der Waals surface area contributed by atoms with Crippen LogP contribution in [-0.2, 0) is 4.79 Å². The Bertz CT molecular complexity index is 210. The van der Waals surface area contributed by atoms with Gasteiger partial charge in [0.25, 0.3) is 0 Å². The van der Waals surface area contributed by atoms with Crippen LogP contribution in [0.1, 0.15) is 25.7 Å². The number of hydrogen-bond donors (Lipinski definition) is 2. The van der Waals surface area contributed by atoms with Crippen molar-refractivity contribution in [2.75, 3.05) is 13.1 Å². The molecule has 3 N–H and O–H groups in total. The average Bonchev–Trinajstić information content (AvgIpc) is 2.73. The summed E-state index contributed by atoms with van der Waals surface area (Å²) in [7, 11) is 0. The molecular weight excluding hydrogens is 180 g/mol. The molecule has 0 aromatic rings. The molecule has 0 radical (unpaired) electrons. The zero-order chi connectivity index (χ0) is 10.1. The number of amides is 1. The first-order valence-electron chi connectivity index (χ1n) is 5.39. The molecule has 2 rings (SSSR count). The highest BCUT2D eigenvalue weighted by molar-refractivity contribution is 5.79. The van der Waals surface area contributed by atoms with Gasteiger partial charge >= 0.3 is 0 Å². The van der Waals surface area contributed by atoms with Crippen LogP contribution in [0.2, 0.25) is 0 Å². The van der Waals surface area contributed by atoms with Crippen LogP contribution in [0, 0.1) is 5.92 Å². The Kier molecular flexibility index (Phi) is 2.74. The van der Waals surface area contributed by atoms with Gasteiger partial charge in [-0.2, -0.15) is 0 Å². The maximum atomic E-state index is 11.9. The molecule has 1 aliphatic heterocycles. The number of carbonyl (C=O) groups excluding carboxylic acids is 1. The summed E-state index contributed by atoms with van der Waals surface area (Å²) < 4.78 is 0. The van der Waals surface area contributed by atoms with Gasteiger partial charge < -0.3 is 15.7 Å². The highest BCUT2D eigenvalue weighted by atomic mass is 16.3. The van der Waals surface area contributed by atoms with Crippen molar-refractivity contribution in [3.05, 3.63) is 0 Å². The van der Waals surface area contributed by atoms with E-state index in [1.807, 2.05) is 0 Å². The van der Waals surface area contributed by atoms with Crippen LogP contribution in [-0.4, -0.2) is 41.1 Å². The molecule has 3 atom stereocenters. The molecule has 4 heteroatoms. The first kappa shape index (κ1) is 9.93. The minimum absolute atomic E-state index is 0.121. The van der Waals surface area contributed by atoms with E-state index in [4.69, 9.17) is 5.73 Å². The van der Waals surface area contributed by atoms with Gasteiger partial charge in [-0.1, -0.05) is 0 Å². The molecule has 0 spiro atoms. The lowest BCUT2D eigenvalue weighted by Gasteiger charge is -2.19. The highest BCUT2D eigenvalue weighted by Gasteiger charge is 2.33. The summed E-state index contributed by atoms with van der Waals surface area (Å²) in [5.74, 6) is 0.324. The molecule has 80 valence electrons. The Labute approximate surface area is 84.1 Å². The first-order valence-corrected chi connectivity index (χ1v) is 5.39. The number of nitrogens with two attached hydrogens (primary N) is 1. The Morgan fingerprint density at radius 2 is 2.14 bits per heavy atom. The number of nitrogens with zero attached hydrogens (tertiary/aromatic N) is 1. The Balaban J connectivity index is 1.89. The van der Waals surface area contributed by atoms with Crippen LogP contribution in [0.3, 0.4) is 0 Å². The lowest BCUT2D eigenvalue weighted by Crippen LogP contribution is -2.34.